The van der Waals surface area contributed by atoms with Gasteiger partial charge in [-0.1, -0.05) is 13.8 Å². The Bertz CT molecular complexity index is 506. The predicted molar refractivity (Wildman–Crippen MR) is 102 cm³/mol. The van der Waals surface area contributed by atoms with Gasteiger partial charge in [0.1, 0.15) is 0 Å². The topological polar surface area (TPSA) is 82.6 Å². The van der Waals surface area contributed by atoms with Gasteiger partial charge in [0.15, 0.2) is 0 Å². The maximum Gasteiger partial charge on any atom is 0.317 e. The van der Waals surface area contributed by atoms with Gasteiger partial charge >= 0.3 is 5.97 Å². The van der Waals surface area contributed by atoms with Crippen LogP contribution >= 0.6 is 0 Å². The van der Waals surface area contributed by atoms with E-state index in [4.69, 9.17) is 14.6 Å². The fourth-order valence-corrected chi connectivity index (χ4v) is 4.17. The van der Waals surface area contributed by atoms with E-state index in [1.54, 1.807) is 11.9 Å². The number of ether oxygens (including phenoxy) is 2. The number of carboxylic acids is 1. The van der Waals surface area contributed by atoms with Crippen molar-refractivity contribution in [3.05, 3.63) is 0 Å². The predicted octanol–water partition coefficient (Wildman–Crippen LogP) is 0.364. The summed E-state index contributed by atoms with van der Waals surface area (Å²) in [4.78, 5) is 30.1. The van der Waals surface area contributed by atoms with Crippen LogP contribution in [0.5, 0.6) is 0 Å². The SMILES string of the molecule is CC1CN(C(C(=O)N2CCOC(CN(C)CC(=O)O)C2)C(C)C)CC(C)O1. The summed E-state index contributed by atoms with van der Waals surface area (Å²) in [5.74, 6) is -0.525. The van der Waals surface area contributed by atoms with Crippen molar-refractivity contribution in [3.8, 4) is 0 Å². The normalized spacial score (nSPS) is 28.6. The number of hydrogen-bond acceptors (Lipinski definition) is 6. The maximum atomic E-state index is 13.3. The van der Waals surface area contributed by atoms with E-state index in [1.165, 1.54) is 0 Å². The van der Waals surface area contributed by atoms with Gasteiger partial charge in [-0.3, -0.25) is 19.4 Å². The average molecular weight is 386 g/mol. The number of carbonyl (C=O) groups excluding carboxylic acids is 1. The molecule has 2 rings (SSSR count). The smallest absolute Gasteiger partial charge is 0.317 e. The van der Waals surface area contributed by atoms with Crippen LogP contribution in [0.15, 0.2) is 0 Å². The first-order chi connectivity index (χ1) is 12.7. The molecule has 0 saturated carbocycles. The number of likely N-dealkylation sites (N-methyl/N-ethyl adjacent to an activating group) is 1. The zero-order valence-electron chi connectivity index (χ0n) is 17.3. The summed E-state index contributed by atoms with van der Waals surface area (Å²) in [7, 11) is 1.76. The van der Waals surface area contributed by atoms with Crippen LogP contribution in [0.25, 0.3) is 0 Å². The van der Waals surface area contributed by atoms with Crippen LogP contribution in [0.1, 0.15) is 27.7 Å². The molecule has 2 fully saturated rings. The first kappa shape index (κ1) is 22.1. The Morgan fingerprint density at radius 2 is 1.81 bits per heavy atom. The number of nitrogens with zero attached hydrogens (tertiary/aromatic N) is 3. The molecule has 0 spiro atoms. The highest BCUT2D eigenvalue weighted by molar-refractivity contribution is 5.82. The molecule has 1 amide bonds. The van der Waals surface area contributed by atoms with Crippen LogP contribution in [0.2, 0.25) is 0 Å². The van der Waals surface area contributed by atoms with E-state index >= 15 is 0 Å². The molecule has 0 aromatic heterocycles. The third kappa shape index (κ3) is 6.41. The van der Waals surface area contributed by atoms with Gasteiger partial charge in [0.2, 0.25) is 5.91 Å². The molecule has 0 radical (unpaired) electrons. The van der Waals surface area contributed by atoms with E-state index in [1.807, 2.05) is 18.7 Å². The lowest BCUT2D eigenvalue weighted by Gasteiger charge is -2.44. The number of hydrogen-bond donors (Lipinski definition) is 1. The molecule has 8 heteroatoms. The molecule has 156 valence electrons. The molecule has 0 aliphatic carbocycles. The molecule has 2 aliphatic heterocycles. The summed E-state index contributed by atoms with van der Waals surface area (Å²) in [6.45, 7) is 11.8. The molecular formula is C19H35N3O5. The summed E-state index contributed by atoms with van der Waals surface area (Å²) < 4.78 is 11.6. The van der Waals surface area contributed by atoms with Crippen LogP contribution < -0.4 is 0 Å². The third-order valence-electron chi connectivity index (χ3n) is 5.10. The Morgan fingerprint density at radius 3 is 2.37 bits per heavy atom. The van der Waals surface area contributed by atoms with Crippen molar-refractivity contribution in [1.82, 2.24) is 14.7 Å². The first-order valence-electron chi connectivity index (χ1n) is 9.87. The second-order valence-electron chi connectivity index (χ2n) is 8.27. The molecule has 1 N–H and O–H groups in total. The lowest BCUT2D eigenvalue weighted by Crippen LogP contribution is -2.60. The molecule has 2 saturated heterocycles. The van der Waals surface area contributed by atoms with Crippen molar-refractivity contribution < 1.29 is 24.2 Å². The van der Waals surface area contributed by atoms with E-state index in [2.05, 4.69) is 18.7 Å². The van der Waals surface area contributed by atoms with E-state index < -0.39 is 5.97 Å². The van der Waals surface area contributed by atoms with E-state index in [0.717, 1.165) is 13.1 Å². The minimum Gasteiger partial charge on any atom is -0.480 e. The Hall–Kier alpha value is -1.22. The molecule has 0 aromatic carbocycles. The molecule has 4 atom stereocenters. The van der Waals surface area contributed by atoms with Gasteiger partial charge in [-0.2, -0.15) is 0 Å². The van der Waals surface area contributed by atoms with Crippen molar-refractivity contribution >= 4 is 11.9 Å². The Kier molecular flexibility index (Phi) is 8.03. The van der Waals surface area contributed by atoms with E-state index in [0.29, 0.717) is 26.2 Å². The van der Waals surface area contributed by atoms with Crippen LogP contribution in [-0.4, -0.2) is 109 Å². The highest BCUT2D eigenvalue weighted by Crippen LogP contribution is 2.21. The first-order valence-corrected chi connectivity index (χ1v) is 9.87. The number of carbonyl (C=O) groups is 2. The molecule has 2 aliphatic rings. The Labute approximate surface area is 162 Å². The third-order valence-corrected chi connectivity index (χ3v) is 5.10. The quantitative estimate of drug-likeness (QED) is 0.678. The zero-order chi connectivity index (χ0) is 20.1. The van der Waals surface area contributed by atoms with Gasteiger partial charge in [0, 0.05) is 32.7 Å². The summed E-state index contributed by atoms with van der Waals surface area (Å²) in [5, 5.41) is 8.91. The molecule has 0 bridgehead atoms. The van der Waals surface area contributed by atoms with Gasteiger partial charge in [0.25, 0.3) is 0 Å². The van der Waals surface area contributed by atoms with E-state index in [-0.39, 0.29) is 42.7 Å². The molecule has 4 unspecified atom stereocenters. The molecule has 8 nitrogen and oxygen atoms in total. The maximum absolute atomic E-state index is 13.3. The number of amides is 1. The highest BCUT2D eigenvalue weighted by Gasteiger charge is 2.38. The zero-order valence-corrected chi connectivity index (χ0v) is 17.3. The van der Waals surface area contributed by atoms with Gasteiger partial charge in [-0.25, -0.2) is 0 Å². The summed E-state index contributed by atoms with van der Waals surface area (Å²) >= 11 is 0. The van der Waals surface area contributed by atoms with Crippen LogP contribution in [-0.2, 0) is 19.1 Å². The molecular weight excluding hydrogens is 350 g/mol. The average Bonchev–Trinajstić information content (AvgIpc) is 2.53. The van der Waals surface area contributed by atoms with Crippen molar-refractivity contribution in [2.45, 2.75) is 52.0 Å². The Balaban J connectivity index is 2.01. The fourth-order valence-electron chi connectivity index (χ4n) is 4.17. The summed E-state index contributed by atoms with van der Waals surface area (Å²) in [5.41, 5.74) is 0. The van der Waals surface area contributed by atoms with Crippen LogP contribution in [0.3, 0.4) is 0 Å². The van der Waals surface area contributed by atoms with Crippen molar-refractivity contribution in [1.29, 1.82) is 0 Å². The van der Waals surface area contributed by atoms with Crippen molar-refractivity contribution in [3.63, 3.8) is 0 Å². The van der Waals surface area contributed by atoms with Crippen molar-refractivity contribution in [2.24, 2.45) is 5.92 Å². The second-order valence-corrected chi connectivity index (χ2v) is 8.27. The highest BCUT2D eigenvalue weighted by atomic mass is 16.5. The fraction of sp³-hybridized carbons (Fsp3) is 0.895. The lowest BCUT2D eigenvalue weighted by atomic mass is 9.98. The standard InChI is InChI=1S/C19H35N3O5/c1-13(2)18(22-8-14(3)27-15(4)9-22)19(25)21-6-7-26-16(11-21)10-20(5)12-17(23)24/h13-16,18H,6-12H2,1-5H3,(H,23,24). The minimum atomic E-state index is -0.864. The minimum absolute atomic E-state index is 0.0357. The monoisotopic (exact) mass is 385 g/mol. The summed E-state index contributed by atoms with van der Waals surface area (Å²) in [6.07, 6.45) is 0.0669. The van der Waals surface area contributed by atoms with Gasteiger partial charge in [-0.15, -0.1) is 0 Å². The number of aliphatic carboxylic acids is 1. The van der Waals surface area contributed by atoms with Crippen LogP contribution in [0.4, 0.5) is 0 Å². The van der Waals surface area contributed by atoms with Gasteiger partial charge in [-0.05, 0) is 26.8 Å². The Morgan fingerprint density at radius 1 is 1.19 bits per heavy atom. The van der Waals surface area contributed by atoms with Gasteiger partial charge < -0.3 is 19.5 Å². The molecule has 0 aromatic rings. The number of carboxylic acid groups (broad SMARTS) is 1. The molecule has 27 heavy (non-hydrogen) atoms. The molecule has 2 heterocycles. The van der Waals surface area contributed by atoms with Crippen molar-refractivity contribution in [2.75, 3.05) is 52.9 Å². The van der Waals surface area contributed by atoms with Crippen LogP contribution in [0, 0.1) is 5.92 Å². The number of rotatable bonds is 7. The lowest BCUT2D eigenvalue weighted by molar-refractivity contribution is -0.153. The second kappa shape index (κ2) is 9.82. The number of morpholine rings is 2. The van der Waals surface area contributed by atoms with E-state index in [9.17, 15) is 9.59 Å². The summed E-state index contributed by atoms with van der Waals surface area (Å²) in [6, 6.07) is -0.172. The van der Waals surface area contributed by atoms with Gasteiger partial charge in [0.05, 0.1) is 37.5 Å². The largest absolute Gasteiger partial charge is 0.480 e.